The van der Waals surface area contributed by atoms with E-state index in [9.17, 15) is 4.79 Å². The Hall–Kier alpha value is -2.11. The Morgan fingerprint density at radius 3 is 2.71 bits per heavy atom. The molecular formula is C11H14N4O2. The van der Waals surface area contributed by atoms with Crippen LogP contribution < -0.4 is 0 Å². The third kappa shape index (κ3) is 1.93. The summed E-state index contributed by atoms with van der Waals surface area (Å²) in [6.45, 7) is 3.68. The SMILES string of the molecule is COC(=O)c1nc(-c2cn(C)nc2C)[nH]c1C. The highest BCUT2D eigenvalue weighted by molar-refractivity contribution is 5.89. The second-order valence-electron chi connectivity index (χ2n) is 3.85. The average molecular weight is 234 g/mol. The molecule has 0 atom stereocenters. The summed E-state index contributed by atoms with van der Waals surface area (Å²) in [6, 6.07) is 0. The highest BCUT2D eigenvalue weighted by atomic mass is 16.5. The van der Waals surface area contributed by atoms with Crippen molar-refractivity contribution in [3.63, 3.8) is 0 Å². The summed E-state index contributed by atoms with van der Waals surface area (Å²) in [7, 11) is 3.18. The lowest BCUT2D eigenvalue weighted by molar-refractivity contribution is 0.0594. The fourth-order valence-corrected chi connectivity index (χ4v) is 1.72. The largest absolute Gasteiger partial charge is 0.464 e. The van der Waals surface area contributed by atoms with Crippen LogP contribution in [0.25, 0.3) is 11.4 Å². The van der Waals surface area contributed by atoms with Crippen LogP contribution in [0, 0.1) is 13.8 Å². The van der Waals surface area contributed by atoms with Gasteiger partial charge in [-0.25, -0.2) is 9.78 Å². The molecule has 0 saturated heterocycles. The van der Waals surface area contributed by atoms with E-state index in [0.29, 0.717) is 17.2 Å². The number of rotatable bonds is 2. The lowest BCUT2D eigenvalue weighted by atomic mass is 10.2. The summed E-state index contributed by atoms with van der Waals surface area (Å²) in [5.41, 5.74) is 2.74. The zero-order valence-electron chi connectivity index (χ0n) is 10.2. The van der Waals surface area contributed by atoms with Crippen LogP contribution in [0.15, 0.2) is 6.20 Å². The number of H-pyrrole nitrogens is 1. The lowest BCUT2D eigenvalue weighted by Gasteiger charge is -1.93. The number of aryl methyl sites for hydroxylation is 3. The Morgan fingerprint density at radius 2 is 2.18 bits per heavy atom. The zero-order chi connectivity index (χ0) is 12.6. The van der Waals surface area contributed by atoms with E-state index in [4.69, 9.17) is 0 Å². The Kier molecular flexibility index (Phi) is 2.71. The number of nitrogens with one attached hydrogen (secondary N) is 1. The number of imidazole rings is 1. The molecular weight excluding hydrogens is 220 g/mol. The lowest BCUT2D eigenvalue weighted by Crippen LogP contribution is -2.03. The van der Waals surface area contributed by atoms with Crippen molar-refractivity contribution in [3.05, 3.63) is 23.3 Å². The molecule has 2 heterocycles. The number of hydrogen-bond acceptors (Lipinski definition) is 4. The van der Waals surface area contributed by atoms with Crippen molar-refractivity contribution in [1.29, 1.82) is 0 Å². The zero-order valence-corrected chi connectivity index (χ0v) is 10.2. The van der Waals surface area contributed by atoms with E-state index in [1.807, 2.05) is 20.2 Å². The molecule has 0 amide bonds. The number of aromatic nitrogens is 4. The number of methoxy groups -OCH3 is 1. The van der Waals surface area contributed by atoms with Gasteiger partial charge >= 0.3 is 5.97 Å². The quantitative estimate of drug-likeness (QED) is 0.793. The summed E-state index contributed by atoms with van der Waals surface area (Å²) >= 11 is 0. The topological polar surface area (TPSA) is 72.8 Å². The van der Waals surface area contributed by atoms with Crippen molar-refractivity contribution in [2.75, 3.05) is 7.11 Å². The maximum Gasteiger partial charge on any atom is 0.358 e. The van der Waals surface area contributed by atoms with Crippen LogP contribution in [0.4, 0.5) is 0 Å². The van der Waals surface area contributed by atoms with Gasteiger partial charge in [-0.05, 0) is 13.8 Å². The second-order valence-corrected chi connectivity index (χ2v) is 3.85. The molecule has 0 bridgehead atoms. The van der Waals surface area contributed by atoms with Gasteiger partial charge in [-0.3, -0.25) is 4.68 Å². The molecule has 90 valence electrons. The molecule has 6 nitrogen and oxygen atoms in total. The summed E-state index contributed by atoms with van der Waals surface area (Å²) < 4.78 is 6.37. The van der Waals surface area contributed by atoms with Gasteiger partial charge < -0.3 is 9.72 Å². The monoisotopic (exact) mass is 234 g/mol. The minimum Gasteiger partial charge on any atom is -0.464 e. The number of carbonyl (C=O) groups excluding carboxylic acids is 1. The number of carbonyl (C=O) groups is 1. The Bertz CT molecular complexity index is 568. The Labute approximate surface area is 98.6 Å². The molecule has 0 aromatic carbocycles. The normalized spacial score (nSPS) is 10.6. The Morgan fingerprint density at radius 1 is 1.47 bits per heavy atom. The average Bonchev–Trinajstić information content (AvgIpc) is 2.80. The van der Waals surface area contributed by atoms with E-state index in [-0.39, 0.29) is 0 Å². The molecule has 1 N–H and O–H groups in total. The van der Waals surface area contributed by atoms with Crippen molar-refractivity contribution in [2.24, 2.45) is 7.05 Å². The van der Waals surface area contributed by atoms with E-state index in [1.54, 1.807) is 11.6 Å². The highest BCUT2D eigenvalue weighted by Crippen LogP contribution is 2.20. The molecule has 2 aromatic rings. The molecule has 2 aromatic heterocycles. The molecule has 0 fully saturated rings. The number of hydrogen-bond donors (Lipinski definition) is 1. The van der Waals surface area contributed by atoms with Crippen molar-refractivity contribution in [2.45, 2.75) is 13.8 Å². The van der Waals surface area contributed by atoms with Gasteiger partial charge in [0, 0.05) is 18.9 Å². The maximum absolute atomic E-state index is 11.4. The molecule has 6 heteroatoms. The summed E-state index contributed by atoms with van der Waals surface area (Å²) in [5.74, 6) is 0.194. The van der Waals surface area contributed by atoms with E-state index in [2.05, 4.69) is 19.8 Å². The smallest absolute Gasteiger partial charge is 0.358 e. The fourth-order valence-electron chi connectivity index (χ4n) is 1.72. The van der Waals surface area contributed by atoms with Crippen molar-refractivity contribution < 1.29 is 9.53 Å². The van der Waals surface area contributed by atoms with Crippen LogP contribution in [-0.2, 0) is 11.8 Å². The van der Waals surface area contributed by atoms with Crippen LogP contribution >= 0.6 is 0 Å². The minimum atomic E-state index is -0.438. The summed E-state index contributed by atoms with van der Waals surface area (Å²) in [6.07, 6.45) is 1.86. The highest BCUT2D eigenvalue weighted by Gasteiger charge is 2.17. The van der Waals surface area contributed by atoms with Gasteiger partial charge in [0.1, 0.15) is 5.82 Å². The standard InChI is InChI=1S/C11H14N4O2/c1-6-8(5-15(3)14-6)10-12-7(2)9(13-10)11(16)17-4/h5H,1-4H3,(H,12,13). The molecule has 0 aliphatic carbocycles. The molecule has 0 spiro atoms. The van der Waals surface area contributed by atoms with E-state index >= 15 is 0 Å². The molecule has 0 saturated carbocycles. The third-order valence-electron chi connectivity index (χ3n) is 2.53. The van der Waals surface area contributed by atoms with Gasteiger partial charge in [-0.2, -0.15) is 5.10 Å². The first kappa shape index (κ1) is 11.4. The molecule has 0 radical (unpaired) electrons. The summed E-state index contributed by atoms with van der Waals surface area (Å²) in [5, 5.41) is 4.23. The molecule has 0 aliphatic rings. The van der Waals surface area contributed by atoms with Crippen molar-refractivity contribution >= 4 is 5.97 Å². The second kappa shape index (κ2) is 4.04. The van der Waals surface area contributed by atoms with Gasteiger partial charge in [0.2, 0.25) is 0 Å². The van der Waals surface area contributed by atoms with Gasteiger partial charge in [-0.1, -0.05) is 0 Å². The first-order valence-electron chi connectivity index (χ1n) is 5.18. The van der Waals surface area contributed by atoms with Gasteiger partial charge in [0.15, 0.2) is 5.69 Å². The fraction of sp³-hybridized carbons (Fsp3) is 0.364. The molecule has 0 aliphatic heterocycles. The van der Waals surface area contributed by atoms with Crippen LogP contribution in [0.3, 0.4) is 0 Å². The predicted molar refractivity (Wildman–Crippen MR) is 61.6 cm³/mol. The first-order chi connectivity index (χ1) is 8.02. The maximum atomic E-state index is 11.4. The van der Waals surface area contributed by atoms with Crippen LogP contribution in [0.1, 0.15) is 21.9 Å². The number of nitrogens with zero attached hydrogens (tertiary/aromatic N) is 3. The van der Waals surface area contributed by atoms with Crippen molar-refractivity contribution in [1.82, 2.24) is 19.7 Å². The van der Waals surface area contributed by atoms with Crippen LogP contribution in [0.5, 0.6) is 0 Å². The summed E-state index contributed by atoms with van der Waals surface area (Å²) in [4.78, 5) is 18.8. The number of esters is 1. The van der Waals surface area contributed by atoms with Gasteiger partial charge in [0.25, 0.3) is 0 Å². The van der Waals surface area contributed by atoms with Crippen LogP contribution in [0.2, 0.25) is 0 Å². The molecule has 17 heavy (non-hydrogen) atoms. The van der Waals surface area contributed by atoms with Crippen LogP contribution in [-0.4, -0.2) is 32.8 Å². The van der Waals surface area contributed by atoms with E-state index in [0.717, 1.165) is 11.3 Å². The number of aromatic amines is 1. The van der Waals surface area contributed by atoms with Gasteiger partial charge in [-0.15, -0.1) is 0 Å². The predicted octanol–water partition coefficient (Wildman–Crippen LogP) is 1.21. The number of ether oxygens (including phenoxy) is 1. The third-order valence-corrected chi connectivity index (χ3v) is 2.53. The van der Waals surface area contributed by atoms with E-state index in [1.165, 1.54) is 7.11 Å². The van der Waals surface area contributed by atoms with E-state index < -0.39 is 5.97 Å². The van der Waals surface area contributed by atoms with Crippen molar-refractivity contribution in [3.8, 4) is 11.4 Å². The minimum absolute atomic E-state index is 0.311. The first-order valence-corrected chi connectivity index (χ1v) is 5.18. The molecule has 0 unspecified atom stereocenters. The molecule has 2 rings (SSSR count). The Balaban J connectivity index is 2.48. The van der Waals surface area contributed by atoms with Gasteiger partial charge in [0.05, 0.1) is 18.4 Å².